The number of nitro groups is 1. The molecule has 9 nitrogen and oxygen atoms in total. The zero-order valence-electron chi connectivity index (χ0n) is 14.0. The van der Waals surface area contributed by atoms with Crippen molar-refractivity contribution >= 4 is 40.9 Å². The fourth-order valence-electron chi connectivity index (χ4n) is 2.70. The molecule has 2 heterocycles. The Labute approximate surface area is 157 Å². The highest BCUT2D eigenvalue weighted by Gasteiger charge is 2.43. The number of imide groups is 1. The second-order valence-electron chi connectivity index (χ2n) is 5.79. The molecule has 1 aromatic heterocycles. The Morgan fingerprint density at radius 2 is 2.11 bits per heavy atom. The normalized spacial score (nSPS) is 16.6. The summed E-state index contributed by atoms with van der Waals surface area (Å²) in [5, 5.41) is 19.7. The van der Waals surface area contributed by atoms with E-state index in [4.69, 9.17) is 0 Å². The van der Waals surface area contributed by atoms with E-state index in [1.54, 1.807) is 13.0 Å². The van der Waals surface area contributed by atoms with E-state index in [0.717, 1.165) is 16.7 Å². The van der Waals surface area contributed by atoms with Crippen molar-refractivity contribution < 1.29 is 24.4 Å². The van der Waals surface area contributed by atoms with Gasteiger partial charge in [-0.2, -0.15) is 0 Å². The number of hydrogen-bond acceptors (Lipinski definition) is 7. The molecule has 0 unspecified atom stereocenters. The molecule has 3 rings (SSSR count). The van der Waals surface area contributed by atoms with Crippen molar-refractivity contribution in [2.75, 3.05) is 4.90 Å². The van der Waals surface area contributed by atoms with Gasteiger partial charge < -0.3 is 5.11 Å². The van der Waals surface area contributed by atoms with Gasteiger partial charge in [-0.1, -0.05) is 17.8 Å². The lowest BCUT2D eigenvalue weighted by Gasteiger charge is -2.15. The van der Waals surface area contributed by atoms with Gasteiger partial charge in [0, 0.05) is 18.7 Å². The van der Waals surface area contributed by atoms with Crippen LogP contribution in [0.5, 0.6) is 0 Å². The average molecular weight is 387 g/mol. The molecule has 1 N–H and O–H groups in total. The summed E-state index contributed by atoms with van der Waals surface area (Å²) in [6.07, 6.45) is 1.18. The molecule has 27 heavy (non-hydrogen) atoms. The lowest BCUT2D eigenvalue weighted by atomic mass is 10.2. The molecule has 0 spiro atoms. The third-order valence-corrected chi connectivity index (χ3v) is 5.13. The Morgan fingerprint density at radius 1 is 1.37 bits per heavy atom. The number of pyridine rings is 1. The fraction of sp³-hybridized carbons (Fsp3) is 0.176. The SMILES string of the molecule is Cc1ccc(N2C(=O)C[C@@H](Sc3ncccc3C(=O)O)C2=O)c([N+](=O)[O-])c1. The lowest BCUT2D eigenvalue weighted by molar-refractivity contribution is -0.384. The van der Waals surface area contributed by atoms with E-state index < -0.39 is 28.0 Å². The summed E-state index contributed by atoms with van der Waals surface area (Å²) in [5.74, 6) is -2.43. The number of carbonyl (C=O) groups is 3. The van der Waals surface area contributed by atoms with Gasteiger partial charge in [-0.25, -0.2) is 14.7 Å². The molecule has 1 atom stereocenters. The largest absolute Gasteiger partial charge is 0.478 e. The number of benzene rings is 1. The highest BCUT2D eigenvalue weighted by atomic mass is 32.2. The number of aromatic nitrogens is 1. The Kier molecular flexibility index (Phi) is 4.91. The molecule has 0 radical (unpaired) electrons. The van der Waals surface area contributed by atoms with Gasteiger partial charge in [-0.15, -0.1) is 0 Å². The van der Waals surface area contributed by atoms with Gasteiger partial charge in [0.1, 0.15) is 10.7 Å². The Morgan fingerprint density at radius 3 is 2.78 bits per heavy atom. The van der Waals surface area contributed by atoms with Crippen molar-refractivity contribution in [3.05, 3.63) is 57.8 Å². The zero-order chi connectivity index (χ0) is 19.7. The Bertz CT molecular complexity index is 977. The van der Waals surface area contributed by atoms with Crippen LogP contribution in [0.2, 0.25) is 0 Å². The summed E-state index contributed by atoms with van der Waals surface area (Å²) in [6, 6.07) is 7.03. The molecule has 1 aromatic carbocycles. The van der Waals surface area contributed by atoms with Gasteiger partial charge in [0.05, 0.1) is 15.7 Å². The summed E-state index contributed by atoms with van der Waals surface area (Å²) in [4.78, 5) is 51.9. The molecule has 0 bridgehead atoms. The van der Waals surface area contributed by atoms with Crippen LogP contribution in [0.3, 0.4) is 0 Å². The number of aryl methyl sites for hydroxylation is 1. The third kappa shape index (κ3) is 3.51. The standard InChI is InChI=1S/C17H13N3O6S/c1-9-4-5-11(12(7-9)20(25)26)19-14(21)8-13(16(19)22)27-15-10(17(23)24)3-2-6-18-15/h2-7,13H,8H2,1H3,(H,23,24)/t13-/m1/s1. The summed E-state index contributed by atoms with van der Waals surface area (Å²) in [6.45, 7) is 1.66. The highest BCUT2D eigenvalue weighted by molar-refractivity contribution is 8.00. The van der Waals surface area contributed by atoms with Crippen LogP contribution in [0.4, 0.5) is 11.4 Å². The van der Waals surface area contributed by atoms with Crippen molar-refractivity contribution in [3.63, 3.8) is 0 Å². The smallest absolute Gasteiger partial charge is 0.338 e. The minimum atomic E-state index is -1.20. The highest BCUT2D eigenvalue weighted by Crippen LogP contribution is 2.38. The zero-order valence-corrected chi connectivity index (χ0v) is 14.8. The molecule has 1 saturated heterocycles. The van der Waals surface area contributed by atoms with Gasteiger partial charge in [-0.05, 0) is 30.7 Å². The van der Waals surface area contributed by atoms with Gasteiger partial charge in [0.2, 0.25) is 11.8 Å². The summed E-state index contributed by atoms with van der Waals surface area (Å²) < 4.78 is 0. The van der Waals surface area contributed by atoms with Crippen molar-refractivity contribution in [1.29, 1.82) is 0 Å². The first-order valence-electron chi connectivity index (χ1n) is 7.76. The minimum Gasteiger partial charge on any atom is -0.478 e. The van der Waals surface area contributed by atoms with E-state index in [2.05, 4.69) is 4.98 Å². The van der Waals surface area contributed by atoms with Crippen LogP contribution in [0.15, 0.2) is 41.6 Å². The number of thioether (sulfide) groups is 1. The number of carbonyl (C=O) groups excluding carboxylic acids is 2. The minimum absolute atomic E-state index is 0.0810. The molecular weight excluding hydrogens is 374 g/mol. The van der Waals surface area contributed by atoms with Crippen molar-refractivity contribution in [1.82, 2.24) is 4.98 Å². The number of carboxylic acid groups (broad SMARTS) is 1. The van der Waals surface area contributed by atoms with Crippen LogP contribution in [0.1, 0.15) is 22.3 Å². The van der Waals surface area contributed by atoms with Crippen LogP contribution < -0.4 is 4.90 Å². The van der Waals surface area contributed by atoms with Crippen LogP contribution in [-0.4, -0.2) is 38.0 Å². The van der Waals surface area contributed by atoms with Crippen LogP contribution in [-0.2, 0) is 9.59 Å². The maximum Gasteiger partial charge on any atom is 0.338 e. The van der Waals surface area contributed by atoms with E-state index in [-0.39, 0.29) is 28.4 Å². The molecule has 2 amide bonds. The molecule has 0 aliphatic carbocycles. The predicted molar refractivity (Wildman–Crippen MR) is 95.8 cm³/mol. The first-order valence-corrected chi connectivity index (χ1v) is 8.64. The molecule has 1 aliphatic heterocycles. The summed E-state index contributed by atoms with van der Waals surface area (Å²) in [5.41, 5.74) is 0.104. The lowest BCUT2D eigenvalue weighted by Crippen LogP contribution is -2.31. The van der Waals surface area contributed by atoms with E-state index in [1.165, 1.54) is 30.5 Å². The van der Waals surface area contributed by atoms with Gasteiger partial charge in [-0.3, -0.25) is 19.7 Å². The summed E-state index contributed by atoms with van der Waals surface area (Å²) in [7, 11) is 0. The second-order valence-corrected chi connectivity index (χ2v) is 6.98. The van der Waals surface area contributed by atoms with Crippen LogP contribution >= 0.6 is 11.8 Å². The van der Waals surface area contributed by atoms with Crippen LogP contribution in [0.25, 0.3) is 0 Å². The number of anilines is 1. The van der Waals surface area contributed by atoms with Crippen molar-refractivity contribution in [2.24, 2.45) is 0 Å². The third-order valence-electron chi connectivity index (χ3n) is 3.93. The fourth-order valence-corrected chi connectivity index (χ4v) is 3.81. The number of carboxylic acids is 1. The Hall–Kier alpha value is -3.27. The quantitative estimate of drug-likeness (QED) is 0.470. The number of aromatic carboxylic acids is 1. The second kappa shape index (κ2) is 7.16. The number of nitrogens with zero attached hydrogens (tertiary/aromatic N) is 3. The first kappa shape index (κ1) is 18.5. The van der Waals surface area contributed by atoms with Gasteiger partial charge in [0.25, 0.3) is 5.69 Å². The topological polar surface area (TPSA) is 131 Å². The number of rotatable bonds is 5. The molecule has 1 fully saturated rings. The monoisotopic (exact) mass is 387 g/mol. The van der Waals surface area contributed by atoms with Gasteiger partial charge in [0.15, 0.2) is 0 Å². The van der Waals surface area contributed by atoms with Crippen molar-refractivity contribution in [2.45, 2.75) is 23.6 Å². The maximum absolute atomic E-state index is 12.7. The van der Waals surface area contributed by atoms with E-state index in [0.29, 0.717) is 5.56 Å². The van der Waals surface area contributed by atoms with Crippen LogP contribution in [0, 0.1) is 17.0 Å². The maximum atomic E-state index is 12.7. The number of hydrogen-bond donors (Lipinski definition) is 1. The molecule has 1 aliphatic rings. The average Bonchev–Trinajstić information content (AvgIpc) is 2.89. The molecular formula is C17H13N3O6S. The van der Waals surface area contributed by atoms with E-state index >= 15 is 0 Å². The van der Waals surface area contributed by atoms with Crippen molar-refractivity contribution in [3.8, 4) is 0 Å². The Balaban J connectivity index is 1.93. The number of nitro benzene ring substituents is 1. The summed E-state index contributed by atoms with van der Waals surface area (Å²) >= 11 is 0.860. The molecule has 10 heteroatoms. The molecule has 138 valence electrons. The number of amides is 2. The van der Waals surface area contributed by atoms with Gasteiger partial charge >= 0.3 is 5.97 Å². The first-order chi connectivity index (χ1) is 12.8. The van der Waals surface area contributed by atoms with E-state index in [1.807, 2.05) is 0 Å². The predicted octanol–water partition coefficient (Wildman–Crippen LogP) is 2.42. The molecule has 0 saturated carbocycles. The van der Waals surface area contributed by atoms with E-state index in [9.17, 15) is 29.6 Å². The molecule has 2 aromatic rings.